The highest BCUT2D eigenvalue weighted by Gasteiger charge is 2.19. The summed E-state index contributed by atoms with van der Waals surface area (Å²) in [6, 6.07) is 13.5. The molecule has 10 nitrogen and oxygen atoms in total. The quantitative estimate of drug-likeness (QED) is 0.401. The van der Waals surface area contributed by atoms with Gasteiger partial charge in [-0.2, -0.15) is 0 Å². The van der Waals surface area contributed by atoms with Gasteiger partial charge in [-0.3, -0.25) is 0 Å². The summed E-state index contributed by atoms with van der Waals surface area (Å²) in [5.74, 6) is -0.524. The highest BCUT2D eigenvalue weighted by Crippen LogP contribution is 2.27. The Hall–Kier alpha value is -4.08. The third kappa shape index (κ3) is 5.04. The van der Waals surface area contributed by atoms with Gasteiger partial charge in [-0.25, -0.2) is 0 Å². The van der Waals surface area contributed by atoms with Gasteiger partial charge in [0, 0.05) is 13.8 Å². The Kier molecular flexibility index (Phi) is 6.16. The van der Waals surface area contributed by atoms with Crippen LogP contribution in [0.5, 0.6) is 11.5 Å². The van der Waals surface area contributed by atoms with Crippen molar-refractivity contribution >= 4 is 11.6 Å². The SMILES string of the molecule is Cc1ccc(OCc2cccc(COc3ccc(C)nc3[N+](=O)[O-])c2)c([N+](=O)[O-])n1. The molecule has 0 amide bonds. The first-order chi connectivity index (χ1) is 14.3. The normalized spacial score (nSPS) is 10.5. The summed E-state index contributed by atoms with van der Waals surface area (Å²) in [7, 11) is 0. The van der Waals surface area contributed by atoms with Crippen LogP contribution in [0.2, 0.25) is 0 Å². The van der Waals surface area contributed by atoms with Crippen LogP contribution in [-0.4, -0.2) is 19.8 Å². The lowest BCUT2D eigenvalue weighted by Gasteiger charge is -2.10. The van der Waals surface area contributed by atoms with Crippen molar-refractivity contribution in [3.05, 3.63) is 91.3 Å². The lowest BCUT2D eigenvalue weighted by Crippen LogP contribution is -2.04. The van der Waals surface area contributed by atoms with Gasteiger partial charge in [0.1, 0.15) is 24.6 Å². The minimum absolute atomic E-state index is 0.0774. The van der Waals surface area contributed by atoms with Gasteiger partial charge in [0.15, 0.2) is 0 Å². The average Bonchev–Trinajstić information content (AvgIpc) is 2.72. The molecular weight excluding hydrogens is 392 g/mol. The summed E-state index contributed by atoms with van der Waals surface area (Å²) in [6.07, 6.45) is 0. The molecule has 0 aliphatic heterocycles. The fourth-order valence-electron chi connectivity index (χ4n) is 2.68. The van der Waals surface area contributed by atoms with Crippen molar-refractivity contribution in [2.24, 2.45) is 0 Å². The van der Waals surface area contributed by atoms with Crippen LogP contribution in [0.3, 0.4) is 0 Å². The number of ether oxygens (including phenoxy) is 2. The van der Waals surface area contributed by atoms with Crippen molar-refractivity contribution in [1.29, 1.82) is 0 Å². The number of pyridine rings is 2. The van der Waals surface area contributed by atoms with Gasteiger partial charge in [-0.05, 0) is 61.3 Å². The monoisotopic (exact) mass is 410 g/mol. The van der Waals surface area contributed by atoms with Gasteiger partial charge in [0.25, 0.3) is 0 Å². The molecule has 0 bridgehead atoms. The molecule has 0 fully saturated rings. The lowest BCUT2D eigenvalue weighted by molar-refractivity contribution is -0.390. The van der Waals surface area contributed by atoms with Crippen molar-refractivity contribution in [2.75, 3.05) is 0 Å². The molecule has 0 aliphatic rings. The van der Waals surface area contributed by atoms with Crippen LogP contribution in [0.15, 0.2) is 48.5 Å². The van der Waals surface area contributed by atoms with Crippen LogP contribution in [-0.2, 0) is 13.2 Å². The first-order valence-electron chi connectivity index (χ1n) is 8.91. The molecule has 30 heavy (non-hydrogen) atoms. The number of rotatable bonds is 8. The van der Waals surface area contributed by atoms with Crippen LogP contribution in [0, 0.1) is 34.1 Å². The molecule has 10 heteroatoms. The number of aromatic nitrogens is 2. The second kappa shape index (κ2) is 8.95. The van der Waals surface area contributed by atoms with Crippen LogP contribution in [0.25, 0.3) is 0 Å². The number of benzene rings is 1. The summed E-state index contributed by atoms with van der Waals surface area (Å²) < 4.78 is 11.2. The number of aryl methyl sites for hydroxylation is 2. The zero-order valence-electron chi connectivity index (χ0n) is 16.3. The molecule has 0 radical (unpaired) electrons. The second-order valence-electron chi connectivity index (χ2n) is 6.46. The molecule has 2 aromatic heterocycles. The van der Waals surface area contributed by atoms with E-state index in [9.17, 15) is 20.2 Å². The molecule has 3 aromatic rings. The molecule has 154 valence electrons. The molecule has 0 saturated carbocycles. The summed E-state index contributed by atoms with van der Waals surface area (Å²) in [6.45, 7) is 3.50. The predicted molar refractivity (Wildman–Crippen MR) is 106 cm³/mol. The van der Waals surface area contributed by atoms with Crippen molar-refractivity contribution in [3.8, 4) is 11.5 Å². The largest absolute Gasteiger partial charge is 0.481 e. The molecule has 0 atom stereocenters. The van der Waals surface area contributed by atoms with Gasteiger partial charge >= 0.3 is 11.6 Å². The molecular formula is C20H18N4O6. The zero-order valence-corrected chi connectivity index (χ0v) is 16.3. The zero-order chi connectivity index (χ0) is 21.7. The maximum atomic E-state index is 11.1. The second-order valence-corrected chi connectivity index (χ2v) is 6.46. The Morgan fingerprint density at radius 3 is 1.60 bits per heavy atom. The maximum Gasteiger partial charge on any atom is 0.406 e. The van der Waals surface area contributed by atoms with Crippen molar-refractivity contribution in [1.82, 2.24) is 9.97 Å². The van der Waals surface area contributed by atoms with E-state index in [-0.39, 0.29) is 36.3 Å². The molecule has 2 heterocycles. The summed E-state index contributed by atoms with van der Waals surface area (Å²) >= 11 is 0. The van der Waals surface area contributed by atoms with Crippen LogP contribution in [0.1, 0.15) is 22.5 Å². The van der Waals surface area contributed by atoms with Gasteiger partial charge in [-0.1, -0.05) is 18.2 Å². The molecule has 3 rings (SSSR count). The van der Waals surface area contributed by atoms with Gasteiger partial charge < -0.3 is 29.7 Å². The van der Waals surface area contributed by atoms with Crippen molar-refractivity contribution in [3.63, 3.8) is 0 Å². The Bertz CT molecular complexity index is 1020. The molecule has 0 saturated heterocycles. The standard InChI is InChI=1S/C20H18N4O6/c1-13-6-8-17(19(21-13)23(25)26)29-11-15-4-3-5-16(10-15)12-30-18-9-7-14(2)22-20(18)24(27)28/h3-10H,11-12H2,1-2H3. The van der Waals surface area contributed by atoms with Gasteiger partial charge in [0.2, 0.25) is 11.5 Å². The Labute approximate surface area is 171 Å². The van der Waals surface area contributed by atoms with E-state index >= 15 is 0 Å². The maximum absolute atomic E-state index is 11.1. The minimum atomic E-state index is -0.588. The smallest absolute Gasteiger partial charge is 0.406 e. The number of hydrogen-bond donors (Lipinski definition) is 0. The Morgan fingerprint density at radius 1 is 0.767 bits per heavy atom. The predicted octanol–water partition coefficient (Wildman–Crippen LogP) is 4.07. The Morgan fingerprint density at radius 2 is 1.20 bits per heavy atom. The lowest BCUT2D eigenvalue weighted by atomic mass is 10.1. The van der Waals surface area contributed by atoms with E-state index in [1.165, 1.54) is 12.1 Å². The third-order valence-electron chi connectivity index (χ3n) is 4.08. The molecule has 1 aromatic carbocycles. The molecule has 0 unspecified atom stereocenters. The van der Waals surface area contributed by atoms with Gasteiger partial charge in [-0.15, -0.1) is 0 Å². The summed E-state index contributed by atoms with van der Waals surface area (Å²) in [5, 5.41) is 22.3. The average molecular weight is 410 g/mol. The number of nitro groups is 2. The topological polar surface area (TPSA) is 131 Å². The molecule has 0 N–H and O–H groups in total. The summed E-state index contributed by atoms with van der Waals surface area (Å²) in [4.78, 5) is 28.9. The first-order valence-corrected chi connectivity index (χ1v) is 8.91. The molecule has 0 aliphatic carbocycles. The highest BCUT2D eigenvalue weighted by molar-refractivity contribution is 5.41. The van der Waals surface area contributed by atoms with E-state index in [2.05, 4.69) is 9.97 Å². The van der Waals surface area contributed by atoms with Crippen molar-refractivity contribution in [2.45, 2.75) is 27.1 Å². The van der Waals surface area contributed by atoms with Crippen LogP contribution >= 0.6 is 0 Å². The Balaban J connectivity index is 1.69. The van der Waals surface area contributed by atoms with Crippen LogP contribution in [0.4, 0.5) is 11.6 Å². The van der Waals surface area contributed by atoms with Crippen molar-refractivity contribution < 1.29 is 19.3 Å². The number of hydrogen-bond acceptors (Lipinski definition) is 8. The highest BCUT2D eigenvalue weighted by atomic mass is 16.6. The van der Waals surface area contributed by atoms with E-state index in [0.717, 1.165) is 11.1 Å². The van der Waals surface area contributed by atoms with E-state index < -0.39 is 9.85 Å². The van der Waals surface area contributed by atoms with Gasteiger partial charge in [0.05, 0.1) is 0 Å². The third-order valence-corrected chi connectivity index (χ3v) is 4.08. The minimum Gasteiger partial charge on any atom is -0.481 e. The molecule has 0 spiro atoms. The van der Waals surface area contributed by atoms with E-state index in [1.807, 2.05) is 0 Å². The van der Waals surface area contributed by atoms with E-state index in [0.29, 0.717) is 11.4 Å². The van der Waals surface area contributed by atoms with E-state index in [4.69, 9.17) is 9.47 Å². The van der Waals surface area contributed by atoms with Crippen LogP contribution < -0.4 is 9.47 Å². The summed E-state index contributed by atoms with van der Waals surface area (Å²) in [5.41, 5.74) is 2.55. The number of nitrogens with zero attached hydrogens (tertiary/aromatic N) is 4. The fraction of sp³-hybridized carbons (Fsp3) is 0.200. The fourth-order valence-corrected chi connectivity index (χ4v) is 2.68. The first kappa shape index (κ1) is 20.6. The van der Waals surface area contributed by atoms with E-state index in [1.54, 1.807) is 50.2 Å².